The molecule has 7 nitrogen and oxygen atoms in total. The van der Waals surface area contributed by atoms with Gasteiger partial charge in [0.05, 0.1) is 49.9 Å². The maximum absolute atomic E-state index is 9.50. The summed E-state index contributed by atoms with van der Waals surface area (Å²) in [5, 5.41) is 12.8. The van der Waals surface area contributed by atoms with Gasteiger partial charge in [-0.25, -0.2) is 4.98 Å². The van der Waals surface area contributed by atoms with E-state index in [-0.39, 0.29) is 18.8 Å². The number of aromatic amines is 1. The molecule has 0 amide bonds. The van der Waals surface area contributed by atoms with Gasteiger partial charge >= 0.3 is 0 Å². The van der Waals surface area contributed by atoms with Gasteiger partial charge < -0.3 is 24.9 Å². The molecule has 0 radical (unpaired) electrons. The molecule has 1 aromatic carbocycles. The summed E-state index contributed by atoms with van der Waals surface area (Å²) < 4.78 is 30.2. The maximum Gasteiger partial charge on any atom is 0.296 e. The summed E-state index contributed by atoms with van der Waals surface area (Å²) in [7, 11) is 2.87. The minimum absolute atomic E-state index is 0.00709. The predicted octanol–water partition coefficient (Wildman–Crippen LogP) is 5.05. The summed E-state index contributed by atoms with van der Waals surface area (Å²) in [5.41, 5.74) is 3.84. The van der Waals surface area contributed by atoms with Crippen LogP contribution in [0.2, 0.25) is 5.02 Å². The number of hydrogen-bond donors (Lipinski definition) is 3. The van der Waals surface area contributed by atoms with E-state index < -0.39 is 0 Å². The molecule has 3 heterocycles. The molecule has 1 aliphatic heterocycles. The fourth-order valence-corrected chi connectivity index (χ4v) is 3.25. The second-order valence-corrected chi connectivity index (χ2v) is 6.58. The number of nitrogens with one attached hydrogen (secondary N) is 2. The second kappa shape index (κ2) is 14.5. The first-order valence-corrected chi connectivity index (χ1v) is 10.5. The zero-order chi connectivity index (χ0) is 24.1. The van der Waals surface area contributed by atoms with Gasteiger partial charge in [0.2, 0.25) is 0 Å². The van der Waals surface area contributed by atoms with Crippen LogP contribution in [0.3, 0.4) is 0 Å². The van der Waals surface area contributed by atoms with E-state index >= 15 is 0 Å². The number of alkyl halides is 2. The minimum Gasteiger partial charge on any atom is -0.459 e. The lowest BCUT2D eigenvalue weighted by Gasteiger charge is -2.07. The molecule has 178 valence electrons. The number of aliphatic hydroxyl groups is 1. The van der Waals surface area contributed by atoms with Gasteiger partial charge in [0.25, 0.3) is 6.01 Å². The Morgan fingerprint density at radius 3 is 2.41 bits per heavy atom. The zero-order valence-corrected chi connectivity index (χ0v) is 19.7. The van der Waals surface area contributed by atoms with Gasteiger partial charge in [-0.3, -0.25) is 8.78 Å². The SMILES string of the molecule is CC.CF.CF.CNc1ccc(-c2nc3nc(OC4COC(CO)C4)[nH]c3cc2Cl)cc1. The van der Waals surface area contributed by atoms with Crippen LogP contribution in [0.1, 0.15) is 20.3 Å². The van der Waals surface area contributed by atoms with Gasteiger partial charge in [-0.1, -0.05) is 37.6 Å². The zero-order valence-electron chi connectivity index (χ0n) is 19.0. The number of rotatable bonds is 5. The lowest BCUT2D eigenvalue weighted by atomic mass is 10.1. The highest BCUT2D eigenvalue weighted by molar-refractivity contribution is 6.33. The summed E-state index contributed by atoms with van der Waals surface area (Å²) in [6.45, 7) is 4.42. The number of benzene rings is 1. The molecule has 3 N–H and O–H groups in total. The van der Waals surface area contributed by atoms with Gasteiger partial charge in [-0.2, -0.15) is 4.98 Å². The Balaban J connectivity index is 0.000000789. The van der Waals surface area contributed by atoms with Crippen LogP contribution < -0.4 is 10.1 Å². The van der Waals surface area contributed by atoms with Crippen molar-refractivity contribution in [2.24, 2.45) is 0 Å². The number of ether oxygens (including phenoxy) is 2. The Labute approximate surface area is 192 Å². The van der Waals surface area contributed by atoms with Crippen molar-refractivity contribution in [3.63, 3.8) is 0 Å². The molecule has 10 heteroatoms. The highest BCUT2D eigenvalue weighted by Crippen LogP contribution is 2.30. The molecule has 32 heavy (non-hydrogen) atoms. The average molecular weight is 473 g/mol. The summed E-state index contributed by atoms with van der Waals surface area (Å²) >= 11 is 6.41. The fraction of sp³-hybridized carbons (Fsp3) is 0.455. The van der Waals surface area contributed by atoms with Gasteiger partial charge in [-0.15, -0.1) is 0 Å². The lowest BCUT2D eigenvalue weighted by Crippen LogP contribution is -2.17. The molecule has 1 fully saturated rings. The third-order valence-electron chi connectivity index (χ3n) is 4.38. The van der Waals surface area contributed by atoms with E-state index in [9.17, 15) is 8.78 Å². The van der Waals surface area contributed by atoms with Crippen molar-refractivity contribution in [2.45, 2.75) is 32.5 Å². The number of halogens is 3. The number of aliphatic hydroxyl groups excluding tert-OH is 1. The van der Waals surface area contributed by atoms with Crippen molar-refractivity contribution in [2.75, 3.05) is 39.9 Å². The number of nitrogens with zero attached hydrogens (tertiary/aromatic N) is 2. The van der Waals surface area contributed by atoms with Crippen molar-refractivity contribution >= 4 is 28.5 Å². The van der Waals surface area contributed by atoms with Gasteiger partial charge in [0, 0.05) is 24.7 Å². The Hall–Kier alpha value is -2.49. The first-order chi connectivity index (χ1) is 15.7. The monoisotopic (exact) mass is 472 g/mol. The van der Waals surface area contributed by atoms with Crippen LogP contribution in [-0.4, -0.2) is 66.9 Å². The molecular formula is C22H31ClF2N4O3. The van der Waals surface area contributed by atoms with Crippen LogP contribution in [0, 0.1) is 0 Å². The number of anilines is 1. The van der Waals surface area contributed by atoms with Gasteiger partial charge in [-0.05, 0) is 18.2 Å². The number of imidazole rings is 1. The van der Waals surface area contributed by atoms with Gasteiger partial charge in [0.15, 0.2) is 5.65 Å². The van der Waals surface area contributed by atoms with E-state index in [0.29, 0.717) is 55.3 Å². The maximum atomic E-state index is 9.50. The molecule has 2 atom stereocenters. The summed E-state index contributed by atoms with van der Waals surface area (Å²) in [6, 6.07) is 10.0. The van der Waals surface area contributed by atoms with Crippen molar-refractivity contribution in [1.29, 1.82) is 0 Å². The first kappa shape index (κ1) is 27.5. The van der Waals surface area contributed by atoms with Crippen LogP contribution in [0.25, 0.3) is 22.4 Å². The van der Waals surface area contributed by atoms with E-state index in [2.05, 4.69) is 20.3 Å². The average Bonchev–Trinajstić information content (AvgIpc) is 3.48. The largest absolute Gasteiger partial charge is 0.459 e. The summed E-state index contributed by atoms with van der Waals surface area (Å²) in [4.78, 5) is 12.1. The molecule has 2 unspecified atom stereocenters. The van der Waals surface area contributed by atoms with E-state index in [1.807, 2.05) is 45.2 Å². The van der Waals surface area contributed by atoms with Crippen molar-refractivity contribution in [1.82, 2.24) is 15.0 Å². The highest BCUT2D eigenvalue weighted by Gasteiger charge is 2.27. The molecule has 2 aromatic heterocycles. The molecule has 0 saturated carbocycles. The molecule has 0 aliphatic carbocycles. The van der Waals surface area contributed by atoms with Gasteiger partial charge in [0.1, 0.15) is 6.10 Å². The number of fused-ring (bicyclic) bond motifs is 1. The smallest absolute Gasteiger partial charge is 0.296 e. The molecule has 0 spiro atoms. The predicted molar refractivity (Wildman–Crippen MR) is 125 cm³/mol. The van der Waals surface area contributed by atoms with E-state index in [0.717, 1.165) is 11.3 Å². The number of hydrogen-bond acceptors (Lipinski definition) is 6. The van der Waals surface area contributed by atoms with E-state index in [1.165, 1.54) is 0 Å². The summed E-state index contributed by atoms with van der Waals surface area (Å²) in [6.07, 6.45) is 0.311. The van der Waals surface area contributed by atoms with Crippen LogP contribution in [0.4, 0.5) is 14.5 Å². The Morgan fingerprint density at radius 1 is 1.19 bits per heavy atom. The molecule has 4 rings (SSSR count). The molecule has 1 saturated heterocycles. The normalized spacial score (nSPS) is 16.7. The highest BCUT2D eigenvalue weighted by atomic mass is 35.5. The number of H-pyrrole nitrogens is 1. The van der Waals surface area contributed by atoms with Crippen LogP contribution in [-0.2, 0) is 4.74 Å². The third kappa shape index (κ3) is 7.01. The summed E-state index contributed by atoms with van der Waals surface area (Å²) in [5.74, 6) is 0. The number of aromatic nitrogens is 3. The Morgan fingerprint density at radius 2 is 1.84 bits per heavy atom. The van der Waals surface area contributed by atoms with Crippen LogP contribution in [0.5, 0.6) is 6.01 Å². The second-order valence-electron chi connectivity index (χ2n) is 6.17. The molecule has 1 aliphatic rings. The van der Waals surface area contributed by atoms with Crippen molar-refractivity contribution < 1.29 is 23.4 Å². The Kier molecular flexibility index (Phi) is 12.5. The molecular weight excluding hydrogens is 442 g/mol. The van der Waals surface area contributed by atoms with E-state index in [4.69, 9.17) is 26.2 Å². The first-order valence-electron chi connectivity index (χ1n) is 10.2. The van der Waals surface area contributed by atoms with Crippen LogP contribution in [0.15, 0.2) is 30.3 Å². The van der Waals surface area contributed by atoms with Crippen molar-refractivity contribution in [3.05, 3.63) is 35.4 Å². The third-order valence-corrected chi connectivity index (χ3v) is 4.67. The topological polar surface area (TPSA) is 92.3 Å². The van der Waals surface area contributed by atoms with E-state index in [1.54, 1.807) is 6.07 Å². The standard InChI is InChI=1S/C18H19ClN4O3.C2H6.2CH3F/c1-20-11-4-2-10(3-5-11)16-14(19)7-15-17(22-16)23-18(21-15)26-13-6-12(8-24)25-9-13;3*1-2/h2-5,7,12-13,20,24H,6,8-9H2,1H3,(H,21,22,23);1-2H3;2*1H3. The Bertz CT molecular complexity index is 925. The minimum atomic E-state index is -0.177. The lowest BCUT2D eigenvalue weighted by molar-refractivity contribution is 0.0528. The van der Waals surface area contributed by atoms with Crippen molar-refractivity contribution in [3.8, 4) is 17.3 Å². The number of pyridine rings is 1. The van der Waals surface area contributed by atoms with Crippen LogP contribution >= 0.6 is 11.6 Å². The quantitative estimate of drug-likeness (QED) is 0.481. The fourth-order valence-electron chi connectivity index (χ4n) is 2.99. The molecule has 3 aromatic rings. The molecule has 0 bridgehead atoms.